The van der Waals surface area contributed by atoms with Gasteiger partial charge in [0, 0.05) is 22.3 Å². The minimum Gasteiger partial charge on any atom is -0.463 e. The molecule has 0 amide bonds. The van der Waals surface area contributed by atoms with Gasteiger partial charge < -0.3 is 9.15 Å². The van der Waals surface area contributed by atoms with Crippen LogP contribution in [0.3, 0.4) is 0 Å². The molecular formula is C31H22BrN3O4S2. The number of carbonyl (C=O) groups excluding carboxylic acids is 1. The average molecular weight is 645 g/mol. The number of ether oxygens (including phenoxy) is 1. The number of halogens is 1. The third-order valence-electron chi connectivity index (χ3n) is 6.26. The van der Waals surface area contributed by atoms with Gasteiger partial charge in [0.25, 0.3) is 5.56 Å². The minimum absolute atomic E-state index is 0.192. The molecular weight excluding hydrogens is 622 g/mol. The standard InChI is InChI=1S/C31H22BrN3O4S2/c1-2-38-30(37)26-27(19-9-4-3-5-10-19)34-31-35(28(26)20-11-8-12-21(32)17-20)29(36)23(40-31)18-22-14-15-25(39-22)41-24-13-6-7-16-33-24/h3-18,28H,2H2,1H3/b23-18-/t28-/m1/s1. The number of hydrogen-bond acceptors (Lipinski definition) is 8. The van der Waals surface area contributed by atoms with Crippen LogP contribution in [0.4, 0.5) is 0 Å². The van der Waals surface area contributed by atoms with E-state index < -0.39 is 12.0 Å². The van der Waals surface area contributed by atoms with Crippen LogP contribution in [0.1, 0.15) is 29.9 Å². The van der Waals surface area contributed by atoms with E-state index in [0.29, 0.717) is 31.5 Å². The van der Waals surface area contributed by atoms with E-state index >= 15 is 0 Å². The van der Waals surface area contributed by atoms with Gasteiger partial charge in [-0.05, 0) is 60.6 Å². The lowest BCUT2D eigenvalue weighted by Crippen LogP contribution is -2.40. The summed E-state index contributed by atoms with van der Waals surface area (Å²) in [6, 6.07) is 25.6. The number of fused-ring (bicyclic) bond motifs is 1. The molecule has 0 radical (unpaired) electrons. The van der Waals surface area contributed by atoms with E-state index in [1.54, 1.807) is 23.8 Å². The molecule has 10 heteroatoms. The number of pyridine rings is 1. The van der Waals surface area contributed by atoms with E-state index in [9.17, 15) is 9.59 Å². The van der Waals surface area contributed by atoms with Gasteiger partial charge in [-0.3, -0.25) is 9.36 Å². The number of carbonyl (C=O) groups is 1. The molecule has 1 aliphatic heterocycles. The zero-order valence-electron chi connectivity index (χ0n) is 21.7. The Morgan fingerprint density at radius 2 is 1.93 bits per heavy atom. The number of nitrogens with zero attached hydrogens (tertiary/aromatic N) is 3. The number of furan rings is 1. The van der Waals surface area contributed by atoms with Crippen molar-refractivity contribution in [3.05, 3.63) is 138 Å². The number of hydrogen-bond donors (Lipinski definition) is 0. The maximum absolute atomic E-state index is 14.0. The summed E-state index contributed by atoms with van der Waals surface area (Å²) in [6.07, 6.45) is 3.43. The molecule has 0 N–H and O–H groups in total. The lowest BCUT2D eigenvalue weighted by molar-refractivity contribution is -0.138. The van der Waals surface area contributed by atoms with E-state index in [0.717, 1.165) is 20.6 Å². The first-order valence-corrected chi connectivity index (χ1v) is 15.2. The fourth-order valence-corrected chi connectivity index (χ4v) is 6.68. The van der Waals surface area contributed by atoms with Gasteiger partial charge in [0.2, 0.25) is 0 Å². The summed E-state index contributed by atoms with van der Waals surface area (Å²) in [5, 5.41) is 1.47. The Hall–Kier alpha value is -3.99. The van der Waals surface area contributed by atoms with Crippen LogP contribution in [0, 0.1) is 0 Å². The van der Waals surface area contributed by atoms with E-state index in [1.165, 1.54) is 23.1 Å². The molecule has 5 aromatic rings. The summed E-state index contributed by atoms with van der Waals surface area (Å²) in [5.41, 5.74) is 2.03. The molecule has 0 bridgehead atoms. The Balaban J connectivity index is 1.53. The van der Waals surface area contributed by atoms with Gasteiger partial charge >= 0.3 is 5.97 Å². The van der Waals surface area contributed by atoms with Gasteiger partial charge in [-0.15, -0.1) is 0 Å². The van der Waals surface area contributed by atoms with Crippen molar-refractivity contribution in [3.63, 3.8) is 0 Å². The van der Waals surface area contributed by atoms with E-state index in [4.69, 9.17) is 14.1 Å². The second-order valence-corrected chi connectivity index (χ2v) is 11.9. The topological polar surface area (TPSA) is 86.7 Å². The van der Waals surface area contributed by atoms with E-state index in [2.05, 4.69) is 20.9 Å². The fraction of sp³-hybridized carbons (Fsp3) is 0.0968. The molecule has 204 valence electrons. The van der Waals surface area contributed by atoms with Crippen LogP contribution in [0.5, 0.6) is 0 Å². The third-order valence-corrected chi connectivity index (χ3v) is 8.60. The highest BCUT2D eigenvalue weighted by Gasteiger charge is 2.35. The van der Waals surface area contributed by atoms with Crippen molar-refractivity contribution >= 4 is 56.8 Å². The minimum atomic E-state index is -0.743. The number of benzene rings is 2. The largest absolute Gasteiger partial charge is 0.463 e. The van der Waals surface area contributed by atoms with Crippen LogP contribution >= 0.6 is 39.0 Å². The molecule has 2 aromatic carbocycles. The van der Waals surface area contributed by atoms with Crippen molar-refractivity contribution in [2.75, 3.05) is 6.61 Å². The molecule has 0 spiro atoms. The number of esters is 1. The van der Waals surface area contributed by atoms with Crippen LogP contribution in [0.25, 0.3) is 11.8 Å². The molecule has 4 heterocycles. The Morgan fingerprint density at radius 1 is 1.10 bits per heavy atom. The second kappa shape index (κ2) is 11.9. The molecule has 0 fully saturated rings. The molecule has 6 rings (SSSR count). The summed E-state index contributed by atoms with van der Waals surface area (Å²) >= 11 is 6.19. The predicted octanol–water partition coefficient (Wildman–Crippen LogP) is 5.84. The molecule has 1 atom stereocenters. The van der Waals surface area contributed by atoms with Crippen molar-refractivity contribution in [2.24, 2.45) is 4.99 Å². The Bertz CT molecular complexity index is 1950. The monoisotopic (exact) mass is 643 g/mol. The van der Waals surface area contributed by atoms with E-state index in [1.807, 2.05) is 84.9 Å². The number of rotatable bonds is 7. The number of aromatic nitrogens is 2. The van der Waals surface area contributed by atoms with Crippen LogP contribution in [0.15, 0.2) is 125 Å². The zero-order chi connectivity index (χ0) is 28.3. The normalized spacial score (nSPS) is 15.0. The lowest BCUT2D eigenvalue weighted by Gasteiger charge is -2.26. The van der Waals surface area contributed by atoms with Crippen molar-refractivity contribution < 1.29 is 13.9 Å². The predicted molar refractivity (Wildman–Crippen MR) is 162 cm³/mol. The molecule has 0 saturated heterocycles. The first-order chi connectivity index (χ1) is 20.0. The second-order valence-electron chi connectivity index (χ2n) is 8.91. The Labute approximate surface area is 251 Å². The van der Waals surface area contributed by atoms with Crippen LogP contribution in [0.2, 0.25) is 0 Å². The smallest absolute Gasteiger partial charge is 0.338 e. The van der Waals surface area contributed by atoms with Crippen molar-refractivity contribution in [3.8, 4) is 0 Å². The van der Waals surface area contributed by atoms with Crippen molar-refractivity contribution in [1.29, 1.82) is 0 Å². The van der Waals surface area contributed by atoms with Gasteiger partial charge in [0.1, 0.15) is 10.8 Å². The van der Waals surface area contributed by atoms with Crippen LogP contribution in [-0.4, -0.2) is 22.1 Å². The summed E-state index contributed by atoms with van der Waals surface area (Å²) < 4.78 is 14.3. The molecule has 0 unspecified atom stereocenters. The average Bonchev–Trinajstić information content (AvgIpc) is 3.56. The lowest BCUT2D eigenvalue weighted by atomic mass is 9.93. The Morgan fingerprint density at radius 3 is 2.68 bits per heavy atom. The van der Waals surface area contributed by atoms with Crippen molar-refractivity contribution in [2.45, 2.75) is 23.1 Å². The maximum Gasteiger partial charge on any atom is 0.338 e. The molecule has 41 heavy (non-hydrogen) atoms. The molecule has 7 nitrogen and oxygen atoms in total. The zero-order valence-corrected chi connectivity index (χ0v) is 24.9. The number of thiazole rings is 1. The van der Waals surface area contributed by atoms with Gasteiger partial charge in [0.05, 0.1) is 28.5 Å². The molecule has 0 aliphatic carbocycles. The summed E-state index contributed by atoms with van der Waals surface area (Å²) in [5.74, 6) is 0.0113. The van der Waals surface area contributed by atoms with Gasteiger partial charge in [-0.25, -0.2) is 14.8 Å². The van der Waals surface area contributed by atoms with E-state index in [-0.39, 0.29) is 12.2 Å². The van der Waals surface area contributed by atoms with Crippen LogP contribution in [-0.2, 0) is 9.53 Å². The van der Waals surface area contributed by atoms with Gasteiger partial charge in [-0.1, -0.05) is 75.8 Å². The highest BCUT2D eigenvalue weighted by atomic mass is 79.9. The SMILES string of the molecule is CCOC(=O)C1=C(c2ccccc2)N=c2s/c(=C\c3ccc(Sc4ccccn4)o3)c(=O)n2[C@@H]1c1cccc(Br)c1. The van der Waals surface area contributed by atoms with Crippen molar-refractivity contribution in [1.82, 2.24) is 9.55 Å². The summed E-state index contributed by atoms with van der Waals surface area (Å²) in [7, 11) is 0. The molecule has 3 aromatic heterocycles. The van der Waals surface area contributed by atoms with Gasteiger partial charge in [-0.2, -0.15) is 0 Å². The molecule has 1 aliphatic rings. The highest BCUT2D eigenvalue weighted by molar-refractivity contribution is 9.10. The summed E-state index contributed by atoms with van der Waals surface area (Å²) in [6.45, 7) is 1.95. The third kappa shape index (κ3) is 5.63. The first kappa shape index (κ1) is 27.2. The van der Waals surface area contributed by atoms with Gasteiger partial charge in [0.15, 0.2) is 9.89 Å². The maximum atomic E-state index is 14.0. The van der Waals surface area contributed by atoms with Crippen LogP contribution < -0.4 is 14.9 Å². The quantitative estimate of drug-likeness (QED) is 0.207. The fourth-order valence-electron chi connectivity index (χ4n) is 4.54. The first-order valence-electron chi connectivity index (χ1n) is 12.7. The Kier molecular flexibility index (Phi) is 7.86. The highest BCUT2D eigenvalue weighted by Crippen LogP contribution is 2.36. The summed E-state index contributed by atoms with van der Waals surface area (Å²) in [4.78, 5) is 37.2. The molecule has 0 saturated carbocycles.